The Balaban J connectivity index is 2.31. The van der Waals surface area contributed by atoms with Crippen molar-refractivity contribution in [1.82, 2.24) is 4.98 Å². The molecule has 1 aromatic rings. The third-order valence-electron chi connectivity index (χ3n) is 1.77. The van der Waals surface area contributed by atoms with E-state index in [-0.39, 0.29) is 11.6 Å². The molecule has 0 fully saturated rings. The molecule has 0 atom stereocenters. The molecule has 1 rings (SSSR count). The van der Waals surface area contributed by atoms with E-state index in [2.05, 4.69) is 26.2 Å². The molecule has 5 heteroatoms. The van der Waals surface area contributed by atoms with E-state index in [0.29, 0.717) is 24.2 Å². The zero-order valence-corrected chi connectivity index (χ0v) is 10.2. The first kappa shape index (κ1) is 12.4. The van der Waals surface area contributed by atoms with E-state index in [9.17, 15) is 4.39 Å². The van der Waals surface area contributed by atoms with Gasteiger partial charge in [-0.1, -0.05) is 0 Å². The van der Waals surface area contributed by atoms with Crippen LogP contribution in [0.4, 0.5) is 10.2 Å². The molecule has 0 saturated carbocycles. The number of anilines is 1. The summed E-state index contributed by atoms with van der Waals surface area (Å²) in [5.41, 5.74) is 0. The predicted octanol–water partition coefficient (Wildman–Crippen LogP) is 2.82. The van der Waals surface area contributed by atoms with Gasteiger partial charge in [0.15, 0.2) is 11.6 Å². The summed E-state index contributed by atoms with van der Waals surface area (Å²) in [5, 5.41) is 2.91. The maximum atomic E-state index is 13.2. The zero-order valence-electron chi connectivity index (χ0n) is 8.59. The molecular formula is C10H14BrFN2O. The Labute approximate surface area is 97.2 Å². The van der Waals surface area contributed by atoms with Crippen molar-refractivity contribution in [3.8, 4) is 0 Å². The Morgan fingerprint density at radius 2 is 2.40 bits per heavy atom. The van der Waals surface area contributed by atoms with Crippen LogP contribution in [-0.4, -0.2) is 24.7 Å². The highest BCUT2D eigenvalue weighted by Gasteiger charge is 2.02. The van der Waals surface area contributed by atoms with Crippen LogP contribution in [0.5, 0.6) is 0 Å². The Morgan fingerprint density at radius 3 is 3.07 bits per heavy atom. The number of aromatic nitrogens is 1. The molecule has 0 saturated heterocycles. The molecule has 1 aromatic heterocycles. The van der Waals surface area contributed by atoms with Crippen molar-refractivity contribution in [3.63, 3.8) is 0 Å². The maximum Gasteiger partial charge on any atom is 0.166 e. The van der Waals surface area contributed by atoms with Crippen LogP contribution in [-0.2, 0) is 4.74 Å². The Hall–Kier alpha value is -0.680. The van der Waals surface area contributed by atoms with Gasteiger partial charge >= 0.3 is 0 Å². The van der Waals surface area contributed by atoms with Gasteiger partial charge < -0.3 is 10.1 Å². The first-order valence-corrected chi connectivity index (χ1v) is 5.66. The van der Waals surface area contributed by atoms with Gasteiger partial charge in [-0.25, -0.2) is 9.37 Å². The normalized spacial score (nSPS) is 10.3. The number of pyridine rings is 1. The minimum absolute atomic E-state index is 0.287. The lowest BCUT2D eigenvalue weighted by molar-refractivity contribution is 0.147. The highest BCUT2D eigenvalue weighted by Crippen LogP contribution is 2.15. The second-order valence-electron chi connectivity index (χ2n) is 2.96. The van der Waals surface area contributed by atoms with Crippen LogP contribution in [0.2, 0.25) is 0 Å². The number of hydrogen-bond acceptors (Lipinski definition) is 3. The molecule has 84 valence electrons. The van der Waals surface area contributed by atoms with Crippen molar-refractivity contribution in [2.45, 2.75) is 13.3 Å². The fourth-order valence-corrected chi connectivity index (χ4v) is 1.37. The van der Waals surface area contributed by atoms with E-state index in [0.717, 1.165) is 6.42 Å². The van der Waals surface area contributed by atoms with Gasteiger partial charge in [0.25, 0.3) is 0 Å². The van der Waals surface area contributed by atoms with Crippen LogP contribution in [0.3, 0.4) is 0 Å². The van der Waals surface area contributed by atoms with Gasteiger partial charge in [-0.05, 0) is 35.3 Å². The molecule has 15 heavy (non-hydrogen) atoms. The van der Waals surface area contributed by atoms with Crippen LogP contribution in [0.25, 0.3) is 0 Å². The smallest absolute Gasteiger partial charge is 0.166 e. The molecule has 1 N–H and O–H groups in total. The lowest BCUT2D eigenvalue weighted by Gasteiger charge is -2.06. The zero-order chi connectivity index (χ0) is 11.1. The first-order chi connectivity index (χ1) is 7.24. The molecule has 0 bridgehead atoms. The monoisotopic (exact) mass is 276 g/mol. The predicted molar refractivity (Wildman–Crippen MR) is 61.5 cm³/mol. The van der Waals surface area contributed by atoms with Crippen LogP contribution >= 0.6 is 15.9 Å². The average molecular weight is 277 g/mol. The van der Waals surface area contributed by atoms with Crippen molar-refractivity contribution in [3.05, 3.63) is 22.6 Å². The second kappa shape index (κ2) is 6.74. The van der Waals surface area contributed by atoms with Crippen molar-refractivity contribution in [1.29, 1.82) is 0 Å². The standard InChI is InChI=1S/C10H14BrFN2O/c1-2-15-5-3-4-13-10-9(12)6-8(11)7-14-10/h6-7H,2-5H2,1H3,(H,13,14). The van der Waals surface area contributed by atoms with Gasteiger partial charge in [-0.2, -0.15) is 0 Å². The first-order valence-electron chi connectivity index (χ1n) is 4.86. The summed E-state index contributed by atoms with van der Waals surface area (Å²) in [5.74, 6) is -0.0597. The molecule has 0 aliphatic rings. The topological polar surface area (TPSA) is 34.1 Å². The molecule has 1 heterocycles. The quantitative estimate of drug-likeness (QED) is 0.812. The summed E-state index contributed by atoms with van der Waals surface area (Å²) in [7, 11) is 0. The van der Waals surface area contributed by atoms with Crippen molar-refractivity contribution < 1.29 is 9.13 Å². The van der Waals surface area contributed by atoms with Crippen molar-refractivity contribution >= 4 is 21.7 Å². The summed E-state index contributed by atoms with van der Waals surface area (Å²) in [6.45, 7) is 4.00. The molecule has 0 aliphatic heterocycles. The van der Waals surface area contributed by atoms with E-state index >= 15 is 0 Å². The Kier molecular flexibility index (Phi) is 5.57. The van der Waals surface area contributed by atoms with E-state index in [4.69, 9.17) is 4.74 Å². The lowest BCUT2D eigenvalue weighted by Crippen LogP contribution is -2.08. The largest absolute Gasteiger partial charge is 0.382 e. The van der Waals surface area contributed by atoms with Gasteiger partial charge in [0.1, 0.15) is 0 Å². The van der Waals surface area contributed by atoms with Gasteiger partial charge in [-0.15, -0.1) is 0 Å². The third kappa shape index (κ3) is 4.57. The fourth-order valence-electron chi connectivity index (χ4n) is 1.07. The number of rotatable bonds is 6. The summed E-state index contributed by atoms with van der Waals surface area (Å²) in [6.07, 6.45) is 2.40. The minimum atomic E-state index is -0.346. The van der Waals surface area contributed by atoms with Crippen LogP contribution in [0.1, 0.15) is 13.3 Å². The van der Waals surface area contributed by atoms with Crippen LogP contribution < -0.4 is 5.32 Å². The van der Waals surface area contributed by atoms with Gasteiger partial charge in [0.05, 0.1) is 0 Å². The fraction of sp³-hybridized carbons (Fsp3) is 0.500. The highest BCUT2D eigenvalue weighted by molar-refractivity contribution is 9.10. The summed E-state index contributed by atoms with van der Waals surface area (Å²) in [4.78, 5) is 3.92. The Bertz CT molecular complexity index is 309. The summed E-state index contributed by atoms with van der Waals surface area (Å²) < 4.78 is 19.0. The SMILES string of the molecule is CCOCCCNc1ncc(Br)cc1F. The van der Waals surface area contributed by atoms with Crippen molar-refractivity contribution in [2.24, 2.45) is 0 Å². The van der Waals surface area contributed by atoms with E-state index in [1.54, 1.807) is 6.20 Å². The lowest BCUT2D eigenvalue weighted by atomic mass is 10.4. The van der Waals surface area contributed by atoms with Gasteiger partial charge in [-0.3, -0.25) is 0 Å². The molecule has 0 aromatic carbocycles. The number of nitrogens with one attached hydrogen (secondary N) is 1. The molecule has 0 aliphatic carbocycles. The molecule has 0 unspecified atom stereocenters. The maximum absolute atomic E-state index is 13.2. The van der Waals surface area contributed by atoms with Crippen LogP contribution in [0.15, 0.2) is 16.7 Å². The van der Waals surface area contributed by atoms with Gasteiger partial charge in [0.2, 0.25) is 0 Å². The van der Waals surface area contributed by atoms with Crippen molar-refractivity contribution in [2.75, 3.05) is 25.1 Å². The molecular weight excluding hydrogens is 263 g/mol. The molecule has 0 radical (unpaired) electrons. The number of nitrogens with zero attached hydrogens (tertiary/aromatic N) is 1. The molecule has 0 spiro atoms. The summed E-state index contributed by atoms with van der Waals surface area (Å²) in [6, 6.07) is 1.39. The van der Waals surface area contributed by atoms with E-state index in [1.807, 2.05) is 6.92 Å². The minimum Gasteiger partial charge on any atom is -0.382 e. The third-order valence-corrected chi connectivity index (χ3v) is 2.20. The van der Waals surface area contributed by atoms with E-state index < -0.39 is 0 Å². The molecule has 3 nitrogen and oxygen atoms in total. The average Bonchev–Trinajstić information content (AvgIpc) is 2.20. The van der Waals surface area contributed by atoms with E-state index in [1.165, 1.54) is 6.07 Å². The highest BCUT2D eigenvalue weighted by atomic mass is 79.9. The summed E-state index contributed by atoms with van der Waals surface area (Å²) >= 11 is 3.15. The molecule has 0 amide bonds. The number of halogens is 2. The van der Waals surface area contributed by atoms with Crippen LogP contribution in [0, 0.1) is 5.82 Å². The van der Waals surface area contributed by atoms with Gasteiger partial charge in [0, 0.05) is 30.4 Å². The Morgan fingerprint density at radius 1 is 1.60 bits per heavy atom. The second-order valence-corrected chi connectivity index (χ2v) is 3.88. The number of hydrogen-bond donors (Lipinski definition) is 1. The number of ether oxygens (including phenoxy) is 1.